The van der Waals surface area contributed by atoms with Gasteiger partial charge in [0.25, 0.3) is 0 Å². The van der Waals surface area contributed by atoms with E-state index in [1.165, 1.54) is 0 Å². The SMILES string of the molecule is CC#CCCN(CC(=O)O)c1ccc(Cl)cc1. The molecule has 0 aliphatic carbocycles. The zero-order valence-electron chi connectivity index (χ0n) is 9.61. The third-order valence-corrected chi connectivity index (χ3v) is 2.45. The van der Waals surface area contributed by atoms with E-state index >= 15 is 0 Å². The summed E-state index contributed by atoms with van der Waals surface area (Å²) < 4.78 is 0. The van der Waals surface area contributed by atoms with Crippen LogP contribution in [-0.4, -0.2) is 24.2 Å². The molecule has 0 atom stereocenters. The zero-order chi connectivity index (χ0) is 12.7. The summed E-state index contributed by atoms with van der Waals surface area (Å²) in [6, 6.07) is 7.11. The van der Waals surface area contributed by atoms with Crippen molar-refractivity contribution in [3.8, 4) is 11.8 Å². The lowest BCUT2D eigenvalue weighted by molar-refractivity contribution is -0.135. The minimum Gasteiger partial charge on any atom is -0.480 e. The monoisotopic (exact) mass is 251 g/mol. The van der Waals surface area contributed by atoms with E-state index in [-0.39, 0.29) is 6.54 Å². The molecule has 0 fully saturated rings. The van der Waals surface area contributed by atoms with Gasteiger partial charge in [0, 0.05) is 23.7 Å². The molecular formula is C13H14ClNO2. The van der Waals surface area contributed by atoms with Crippen LogP contribution in [0.5, 0.6) is 0 Å². The van der Waals surface area contributed by atoms with E-state index < -0.39 is 5.97 Å². The predicted octanol–water partition coefficient (Wildman–Crippen LogP) is 2.64. The van der Waals surface area contributed by atoms with Crippen molar-refractivity contribution >= 4 is 23.3 Å². The topological polar surface area (TPSA) is 40.5 Å². The minimum atomic E-state index is -0.857. The van der Waals surface area contributed by atoms with Crippen molar-refractivity contribution < 1.29 is 9.90 Å². The summed E-state index contributed by atoms with van der Waals surface area (Å²) in [5.74, 6) is 4.86. The Labute approximate surface area is 106 Å². The summed E-state index contributed by atoms with van der Waals surface area (Å²) in [4.78, 5) is 12.5. The molecule has 0 aromatic heterocycles. The molecule has 3 nitrogen and oxygen atoms in total. The molecule has 0 radical (unpaired) electrons. The number of hydrogen-bond donors (Lipinski definition) is 1. The van der Waals surface area contributed by atoms with Gasteiger partial charge in [0.1, 0.15) is 6.54 Å². The van der Waals surface area contributed by atoms with E-state index in [9.17, 15) is 4.79 Å². The molecule has 0 aliphatic heterocycles. The van der Waals surface area contributed by atoms with Crippen LogP contribution in [-0.2, 0) is 4.79 Å². The first-order valence-corrected chi connectivity index (χ1v) is 5.63. The lowest BCUT2D eigenvalue weighted by Gasteiger charge is -2.21. The highest BCUT2D eigenvalue weighted by Gasteiger charge is 2.09. The lowest BCUT2D eigenvalue weighted by atomic mass is 10.2. The molecule has 0 saturated heterocycles. The number of aliphatic carboxylic acids is 1. The third-order valence-electron chi connectivity index (χ3n) is 2.20. The number of halogens is 1. The highest BCUT2D eigenvalue weighted by atomic mass is 35.5. The van der Waals surface area contributed by atoms with Crippen LogP contribution in [0, 0.1) is 11.8 Å². The predicted molar refractivity (Wildman–Crippen MR) is 69.4 cm³/mol. The second kappa shape index (κ2) is 6.82. The molecule has 0 heterocycles. The molecule has 0 spiro atoms. The van der Waals surface area contributed by atoms with Gasteiger partial charge in [0.2, 0.25) is 0 Å². The summed E-state index contributed by atoms with van der Waals surface area (Å²) in [5.41, 5.74) is 0.842. The van der Waals surface area contributed by atoms with Gasteiger partial charge in [-0.2, -0.15) is 0 Å². The number of carbonyl (C=O) groups is 1. The number of benzene rings is 1. The van der Waals surface area contributed by atoms with Gasteiger partial charge in [-0.15, -0.1) is 11.8 Å². The third kappa shape index (κ3) is 4.80. The normalized spacial score (nSPS) is 9.29. The van der Waals surface area contributed by atoms with Crippen molar-refractivity contribution in [3.05, 3.63) is 29.3 Å². The van der Waals surface area contributed by atoms with Crippen molar-refractivity contribution in [2.24, 2.45) is 0 Å². The zero-order valence-corrected chi connectivity index (χ0v) is 10.4. The standard InChI is InChI=1S/C13H14ClNO2/c1-2-3-4-9-15(10-13(16)17)12-7-5-11(14)6-8-12/h5-8H,4,9-10H2,1H3,(H,16,17). The maximum Gasteiger partial charge on any atom is 0.323 e. The van der Waals surface area contributed by atoms with Crippen molar-refractivity contribution in [2.45, 2.75) is 13.3 Å². The Hall–Kier alpha value is -1.66. The Balaban J connectivity index is 2.76. The van der Waals surface area contributed by atoms with Crippen molar-refractivity contribution in [1.29, 1.82) is 0 Å². The fourth-order valence-corrected chi connectivity index (χ4v) is 1.56. The van der Waals surface area contributed by atoms with Gasteiger partial charge in [0.05, 0.1) is 0 Å². The summed E-state index contributed by atoms with van der Waals surface area (Å²) in [6.07, 6.45) is 0.645. The largest absolute Gasteiger partial charge is 0.480 e. The Morgan fingerprint density at radius 2 is 2.06 bits per heavy atom. The fourth-order valence-electron chi connectivity index (χ4n) is 1.43. The maximum atomic E-state index is 10.8. The van der Waals surface area contributed by atoms with Crippen LogP contribution < -0.4 is 4.90 Å². The smallest absolute Gasteiger partial charge is 0.323 e. The van der Waals surface area contributed by atoms with E-state index in [1.54, 1.807) is 24.0 Å². The molecule has 17 heavy (non-hydrogen) atoms. The molecule has 0 bridgehead atoms. The number of nitrogens with zero attached hydrogens (tertiary/aromatic N) is 1. The summed E-state index contributed by atoms with van der Waals surface area (Å²) >= 11 is 5.79. The average molecular weight is 252 g/mol. The molecule has 1 aromatic carbocycles. The van der Waals surface area contributed by atoms with Gasteiger partial charge in [-0.05, 0) is 31.2 Å². The van der Waals surface area contributed by atoms with Gasteiger partial charge >= 0.3 is 5.97 Å². The molecule has 0 saturated carbocycles. The van der Waals surface area contributed by atoms with E-state index in [1.807, 2.05) is 12.1 Å². The maximum absolute atomic E-state index is 10.8. The first-order valence-electron chi connectivity index (χ1n) is 5.25. The summed E-state index contributed by atoms with van der Waals surface area (Å²) in [7, 11) is 0. The van der Waals surface area contributed by atoms with E-state index in [2.05, 4.69) is 11.8 Å². The quantitative estimate of drug-likeness (QED) is 0.818. The second-order valence-electron chi connectivity index (χ2n) is 3.47. The highest BCUT2D eigenvalue weighted by Crippen LogP contribution is 2.17. The number of hydrogen-bond acceptors (Lipinski definition) is 2. The number of rotatable bonds is 5. The molecule has 0 amide bonds. The van der Waals surface area contributed by atoms with E-state index in [4.69, 9.17) is 16.7 Å². The van der Waals surface area contributed by atoms with Crippen LogP contribution >= 0.6 is 11.6 Å². The van der Waals surface area contributed by atoms with Gasteiger partial charge in [-0.25, -0.2) is 0 Å². The second-order valence-corrected chi connectivity index (χ2v) is 3.90. The Morgan fingerprint density at radius 3 is 2.59 bits per heavy atom. The van der Waals surface area contributed by atoms with Crippen LogP contribution in [0.1, 0.15) is 13.3 Å². The van der Waals surface area contributed by atoms with Crippen LogP contribution in [0.25, 0.3) is 0 Å². The Bertz CT molecular complexity index is 431. The summed E-state index contributed by atoms with van der Waals surface area (Å²) in [5, 5.41) is 9.49. The van der Waals surface area contributed by atoms with Crippen LogP contribution in [0.4, 0.5) is 5.69 Å². The molecule has 1 N–H and O–H groups in total. The molecule has 4 heteroatoms. The molecule has 90 valence electrons. The average Bonchev–Trinajstić information content (AvgIpc) is 2.28. The van der Waals surface area contributed by atoms with E-state index in [0.29, 0.717) is 18.0 Å². The van der Waals surface area contributed by atoms with Crippen molar-refractivity contribution in [2.75, 3.05) is 18.0 Å². The van der Waals surface area contributed by atoms with Crippen LogP contribution in [0.2, 0.25) is 5.02 Å². The van der Waals surface area contributed by atoms with Crippen molar-refractivity contribution in [1.82, 2.24) is 0 Å². The molecule has 0 aliphatic rings. The fraction of sp³-hybridized carbons (Fsp3) is 0.308. The van der Waals surface area contributed by atoms with Gasteiger partial charge in [0.15, 0.2) is 0 Å². The molecular weight excluding hydrogens is 238 g/mol. The molecule has 1 aromatic rings. The van der Waals surface area contributed by atoms with E-state index in [0.717, 1.165) is 5.69 Å². The van der Waals surface area contributed by atoms with Gasteiger partial charge in [-0.1, -0.05) is 11.6 Å². The molecule has 0 unspecified atom stereocenters. The molecule has 1 rings (SSSR count). The van der Waals surface area contributed by atoms with Crippen molar-refractivity contribution in [3.63, 3.8) is 0 Å². The highest BCUT2D eigenvalue weighted by molar-refractivity contribution is 6.30. The Kier molecular flexibility index (Phi) is 5.38. The number of carboxylic acids is 1. The lowest BCUT2D eigenvalue weighted by Crippen LogP contribution is -2.30. The van der Waals surface area contributed by atoms with Gasteiger partial charge < -0.3 is 10.0 Å². The van der Waals surface area contributed by atoms with Crippen LogP contribution in [0.15, 0.2) is 24.3 Å². The first-order chi connectivity index (χ1) is 8.13. The Morgan fingerprint density at radius 1 is 1.41 bits per heavy atom. The summed E-state index contributed by atoms with van der Waals surface area (Å²) in [6.45, 7) is 2.33. The van der Waals surface area contributed by atoms with Crippen LogP contribution in [0.3, 0.4) is 0 Å². The first kappa shape index (κ1) is 13.4. The van der Waals surface area contributed by atoms with Gasteiger partial charge in [-0.3, -0.25) is 4.79 Å². The minimum absolute atomic E-state index is 0.0347. The number of carboxylic acid groups (broad SMARTS) is 1. The number of anilines is 1.